The van der Waals surface area contributed by atoms with E-state index in [9.17, 15) is 20.1 Å². The van der Waals surface area contributed by atoms with Crippen LogP contribution in [0.3, 0.4) is 0 Å². The van der Waals surface area contributed by atoms with Crippen LogP contribution in [0.15, 0.2) is 11.6 Å². The molecule has 0 bridgehead atoms. The molecule has 3 saturated carbocycles. The lowest BCUT2D eigenvalue weighted by Gasteiger charge is -2.58. The van der Waals surface area contributed by atoms with Crippen LogP contribution in [0.4, 0.5) is 0 Å². The van der Waals surface area contributed by atoms with Gasteiger partial charge in [-0.3, -0.25) is 4.79 Å². The molecule has 0 radical (unpaired) electrons. The first-order valence-corrected chi connectivity index (χ1v) is 24.1. The molecule has 7 heteroatoms. The Morgan fingerprint density at radius 3 is 2.11 bits per heavy atom. The van der Waals surface area contributed by atoms with E-state index >= 15 is 0 Å². The van der Waals surface area contributed by atoms with Gasteiger partial charge < -0.3 is 29.5 Å². The number of hydrogen-bond donors (Lipinski definition) is 3. The lowest BCUT2D eigenvalue weighted by atomic mass is 9.47. The molecule has 7 nitrogen and oxygen atoms in total. The normalized spacial score (nSPS) is 37.4. The van der Waals surface area contributed by atoms with E-state index in [1.54, 1.807) is 0 Å². The van der Waals surface area contributed by atoms with Crippen LogP contribution < -0.4 is 0 Å². The predicted molar refractivity (Wildman–Crippen MR) is 226 cm³/mol. The first-order valence-electron chi connectivity index (χ1n) is 24.1. The van der Waals surface area contributed by atoms with Crippen molar-refractivity contribution in [3.8, 4) is 0 Å². The van der Waals surface area contributed by atoms with Crippen molar-refractivity contribution >= 4 is 5.97 Å². The highest BCUT2D eigenvalue weighted by Crippen LogP contribution is 2.67. The molecule has 324 valence electrons. The molecule has 56 heavy (non-hydrogen) atoms. The van der Waals surface area contributed by atoms with E-state index in [4.69, 9.17) is 14.2 Å². The second-order valence-electron chi connectivity index (χ2n) is 20.5. The summed E-state index contributed by atoms with van der Waals surface area (Å²) in [6.45, 7) is 14.5. The number of fused-ring (bicyclic) bond motifs is 5. The number of unbranched alkanes of at least 4 members (excludes halogenated alkanes) is 12. The molecule has 4 fully saturated rings. The Kier molecular flexibility index (Phi) is 18.1. The summed E-state index contributed by atoms with van der Waals surface area (Å²) in [6, 6.07) is 0. The van der Waals surface area contributed by atoms with Crippen LogP contribution in [0.1, 0.15) is 202 Å². The highest BCUT2D eigenvalue weighted by Gasteiger charge is 2.59. The maximum Gasteiger partial charge on any atom is 0.305 e. The molecule has 0 amide bonds. The van der Waals surface area contributed by atoms with Crippen molar-refractivity contribution in [3.05, 3.63) is 11.6 Å². The van der Waals surface area contributed by atoms with Gasteiger partial charge in [0.2, 0.25) is 0 Å². The maximum absolute atomic E-state index is 12.6. The molecule has 0 spiro atoms. The summed E-state index contributed by atoms with van der Waals surface area (Å²) in [7, 11) is 0. The minimum Gasteiger partial charge on any atom is -0.463 e. The Bertz CT molecular complexity index is 1200. The van der Waals surface area contributed by atoms with Crippen molar-refractivity contribution < 1.29 is 34.3 Å². The highest BCUT2D eigenvalue weighted by atomic mass is 16.7. The molecule has 0 aromatic heterocycles. The second-order valence-corrected chi connectivity index (χ2v) is 20.5. The first kappa shape index (κ1) is 46.1. The molecule has 0 aromatic rings. The van der Waals surface area contributed by atoms with E-state index in [1.165, 1.54) is 115 Å². The van der Waals surface area contributed by atoms with Gasteiger partial charge in [-0.05, 0) is 104 Å². The fraction of sp³-hybridized carbons (Fsp3) is 0.939. The molecule has 4 aliphatic carbocycles. The topological polar surface area (TPSA) is 105 Å². The van der Waals surface area contributed by atoms with Gasteiger partial charge >= 0.3 is 5.97 Å². The minimum atomic E-state index is -1.44. The van der Waals surface area contributed by atoms with E-state index in [0.29, 0.717) is 17.8 Å². The number of hydrogen-bond acceptors (Lipinski definition) is 7. The molecular weight excluding hydrogens is 701 g/mol. The Morgan fingerprint density at radius 1 is 0.786 bits per heavy atom. The molecular formula is C49H86O7. The molecule has 5 rings (SSSR count). The summed E-state index contributed by atoms with van der Waals surface area (Å²) in [4.78, 5) is 12.6. The average Bonchev–Trinajstić information content (AvgIpc) is 3.53. The smallest absolute Gasteiger partial charge is 0.305 e. The van der Waals surface area contributed by atoms with Gasteiger partial charge in [-0.25, -0.2) is 0 Å². The third-order valence-electron chi connectivity index (χ3n) is 16.1. The van der Waals surface area contributed by atoms with Gasteiger partial charge in [-0.15, -0.1) is 0 Å². The van der Waals surface area contributed by atoms with Crippen LogP contribution in [0.5, 0.6) is 0 Å². The van der Waals surface area contributed by atoms with Crippen molar-refractivity contribution in [1.82, 2.24) is 0 Å². The summed E-state index contributed by atoms with van der Waals surface area (Å²) in [6.07, 6.45) is 26.2. The van der Waals surface area contributed by atoms with Crippen LogP contribution in [0.25, 0.3) is 0 Å². The van der Waals surface area contributed by atoms with Gasteiger partial charge in [-0.2, -0.15) is 0 Å². The summed E-state index contributed by atoms with van der Waals surface area (Å²) < 4.78 is 18.0. The third-order valence-corrected chi connectivity index (χ3v) is 16.1. The van der Waals surface area contributed by atoms with Crippen molar-refractivity contribution in [3.63, 3.8) is 0 Å². The number of esters is 1. The second kappa shape index (κ2) is 22.0. The van der Waals surface area contributed by atoms with E-state index < -0.39 is 30.7 Å². The quantitative estimate of drug-likeness (QED) is 0.0538. The number of carbonyl (C=O) groups is 1. The molecule has 1 saturated heterocycles. The van der Waals surface area contributed by atoms with Gasteiger partial charge in [0.05, 0.1) is 6.10 Å². The monoisotopic (exact) mass is 787 g/mol. The minimum absolute atomic E-state index is 0.136. The number of carbonyl (C=O) groups excluding carboxylic acids is 1. The summed E-state index contributed by atoms with van der Waals surface area (Å²) in [5, 5.41) is 32.4. The van der Waals surface area contributed by atoms with Crippen LogP contribution in [0, 0.1) is 46.3 Å². The molecule has 3 N–H and O–H groups in total. The van der Waals surface area contributed by atoms with Crippen molar-refractivity contribution in [2.45, 2.75) is 239 Å². The molecule has 13 atom stereocenters. The average molecular weight is 787 g/mol. The van der Waals surface area contributed by atoms with E-state index in [1.807, 2.05) is 0 Å². The zero-order valence-electron chi connectivity index (χ0n) is 36.9. The van der Waals surface area contributed by atoms with Gasteiger partial charge in [0.1, 0.15) is 31.0 Å². The predicted octanol–water partition coefficient (Wildman–Crippen LogP) is 11.2. The standard InChI is InChI=1S/C49H86O7/c1-7-8-9-10-11-12-13-14-15-16-17-18-19-23-43(50)54-33-42-44(51)45(52)46(53)47(56-42)55-37-28-30-48(5)36(32-37)24-25-38-40-27-26-39(35(4)22-20-21-34(2)3)49(40,6)31-29-41(38)48/h24,34-35,37-42,44-47,51-53H,7-23,25-33H2,1-6H3/t35?,37-,38-,39+,40-,41-,42+,44+,45-,46+,47+,48-,49+/m0/s1. The van der Waals surface area contributed by atoms with Crippen LogP contribution in [-0.2, 0) is 19.0 Å². The van der Waals surface area contributed by atoms with E-state index in [-0.39, 0.29) is 24.1 Å². The molecule has 0 aromatic carbocycles. The lowest BCUT2D eigenvalue weighted by molar-refractivity contribution is -0.313. The van der Waals surface area contributed by atoms with Crippen LogP contribution >= 0.6 is 0 Å². The zero-order valence-corrected chi connectivity index (χ0v) is 36.9. The van der Waals surface area contributed by atoms with Crippen LogP contribution in [0.2, 0.25) is 0 Å². The largest absolute Gasteiger partial charge is 0.463 e. The van der Waals surface area contributed by atoms with Crippen LogP contribution in [-0.4, -0.2) is 64.7 Å². The molecule has 1 unspecified atom stereocenters. The maximum atomic E-state index is 12.6. The van der Waals surface area contributed by atoms with Crippen molar-refractivity contribution in [1.29, 1.82) is 0 Å². The number of ether oxygens (including phenoxy) is 3. The van der Waals surface area contributed by atoms with Gasteiger partial charge in [0, 0.05) is 6.42 Å². The number of aliphatic hydroxyl groups is 3. The Labute approximate surface area is 342 Å². The molecule has 5 aliphatic rings. The van der Waals surface area contributed by atoms with E-state index in [2.05, 4.69) is 47.6 Å². The Hall–Kier alpha value is -0.990. The SMILES string of the molecule is CCCCCCCCCCCCCCCC(=O)OC[C@H]1O[C@@H](O[C@H]2CC[C@@]3(C)C(=CC[C@H]4[C@@H]5CC[C@H](C(C)CCCC(C)C)[C@@]5(C)CC[C@@H]43)C2)[C@H](O)[C@@H](O)[C@@H]1O. The molecule has 1 aliphatic heterocycles. The Balaban J connectivity index is 1.03. The number of rotatable bonds is 23. The third kappa shape index (κ3) is 11.6. The zero-order chi connectivity index (χ0) is 40.3. The Morgan fingerprint density at radius 2 is 1.45 bits per heavy atom. The fourth-order valence-electron chi connectivity index (χ4n) is 12.7. The van der Waals surface area contributed by atoms with Gasteiger partial charge in [-0.1, -0.05) is 150 Å². The van der Waals surface area contributed by atoms with Gasteiger partial charge in [0.15, 0.2) is 6.29 Å². The number of aliphatic hydroxyl groups excluding tert-OH is 3. The highest BCUT2D eigenvalue weighted by molar-refractivity contribution is 5.69. The number of allylic oxidation sites excluding steroid dienone is 1. The van der Waals surface area contributed by atoms with Crippen molar-refractivity contribution in [2.24, 2.45) is 46.3 Å². The first-order chi connectivity index (χ1) is 26.9. The van der Waals surface area contributed by atoms with Crippen molar-refractivity contribution in [2.75, 3.05) is 6.61 Å². The summed E-state index contributed by atoms with van der Waals surface area (Å²) in [5.41, 5.74) is 2.15. The molecule has 1 heterocycles. The van der Waals surface area contributed by atoms with E-state index in [0.717, 1.165) is 74.5 Å². The fourth-order valence-corrected chi connectivity index (χ4v) is 12.7. The lowest BCUT2D eigenvalue weighted by Crippen LogP contribution is -2.60. The summed E-state index contributed by atoms with van der Waals surface area (Å²) in [5.74, 6) is 4.45. The van der Waals surface area contributed by atoms with Gasteiger partial charge in [0.25, 0.3) is 0 Å². The summed E-state index contributed by atoms with van der Waals surface area (Å²) >= 11 is 0.